The first-order valence-corrected chi connectivity index (χ1v) is 9.58. The molecule has 0 atom stereocenters. The van der Waals surface area contributed by atoms with Crippen molar-refractivity contribution in [3.05, 3.63) is 29.8 Å². The van der Waals surface area contributed by atoms with Gasteiger partial charge < -0.3 is 10.6 Å². The zero-order valence-electron chi connectivity index (χ0n) is 13.6. The predicted molar refractivity (Wildman–Crippen MR) is 96.8 cm³/mol. The molecule has 1 aliphatic rings. The van der Waals surface area contributed by atoms with Gasteiger partial charge in [-0.25, -0.2) is 4.79 Å². The second-order valence-corrected chi connectivity index (χ2v) is 7.32. The Morgan fingerprint density at radius 1 is 1.18 bits per heavy atom. The van der Waals surface area contributed by atoms with Gasteiger partial charge in [-0.05, 0) is 49.1 Å². The molecule has 0 aromatic heterocycles. The number of carbonyl (C=O) groups excluding carboxylic acids is 1. The van der Waals surface area contributed by atoms with Crippen LogP contribution in [0, 0.1) is 0 Å². The minimum Gasteiger partial charge on any atom is -0.338 e. The number of urea groups is 1. The van der Waals surface area contributed by atoms with E-state index in [2.05, 4.69) is 41.5 Å². The average Bonchev–Trinajstić information content (AvgIpc) is 2.56. The van der Waals surface area contributed by atoms with Crippen LogP contribution in [0.4, 0.5) is 10.5 Å². The molecule has 0 aliphatic heterocycles. The summed E-state index contributed by atoms with van der Waals surface area (Å²) in [7, 11) is 0. The number of nitrogens with one attached hydrogen (secondary N) is 2. The Labute approximate surface area is 138 Å². The molecular formula is C18H28N2OS. The molecule has 4 heteroatoms. The Hall–Kier alpha value is -1.16. The van der Waals surface area contributed by atoms with E-state index in [1.54, 1.807) is 0 Å². The Morgan fingerprint density at radius 3 is 2.59 bits per heavy atom. The summed E-state index contributed by atoms with van der Waals surface area (Å²) >= 11 is 2.09. The lowest BCUT2D eigenvalue weighted by Crippen LogP contribution is -2.29. The summed E-state index contributed by atoms with van der Waals surface area (Å²) in [4.78, 5) is 11.8. The molecule has 0 bridgehead atoms. The second kappa shape index (κ2) is 9.78. The number of carbonyl (C=O) groups is 1. The normalized spacial score (nSPS) is 15.5. The number of anilines is 1. The van der Waals surface area contributed by atoms with Crippen LogP contribution in [0.2, 0.25) is 0 Å². The summed E-state index contributed by atoms with van der Waals surface area (Å²) in [6.07, 6.45) is 9.04. The molecule has 22 heavy (non-hydrogen) atoms. The third-order valence-electron chi connectivity index (χ3n) is 4.13. The SMILES string of the molecule is CCc1ccc(NC(=O)NCCCSC2CCCCC2)cc1. The van der Waals surface area contributed by atoms with Crippen molar-refractivity contribution in [2.24, 2.45) is 0 Å². The summed E-state index contributed by atoms with van der Waals surface area (Å²) in [5, 5.41) is 6.67. The van der Waals surface area contributed by atoms with E-state index >= 15 is 0 Å². The van der Waals surface area contributed by atoms with Crippen LogP contribution in [0.25, 0.3) is 0 Å². The van der Waals surface area contributed by atoms with Gasteiger partial charge in [0.15, 0.2) is 0 Å². The first-order chi connectivity index (χ1) is 10.8. The lowest BCUT2D eigenvalue weighted by atomic mass is 10.0. The fourth-order valence-corrected chi connectivity index (χ4v) is 4.07. The van der Waals surface area contributed by atoms with Crippen LogP contribution in [0.1, 0.15) is 51.0 Å². The van der Waals surface area contributed by atoms with Crippen molar-refractivity contribution in [2.75, 3.05) is 17.6 Å². The van der Waals surface area contributed by atoms with Crippen molar-refractivity contribution in [1.29, 1.82) is 0 Å². The van der Waals surface area contributed by atoms with E-state index < -0.39 is 0 Å². The third-order valence-corrected chi connectivity index (χ3v) is 5.60. The van der Waals surface area contributed by atoms with Crippen LogP contribution < -0.4 is 10.6 Å². The summed E-state index contributed by atoms with van der Waals surface area (Å²) in [5.74, 6) is 1.15. The van der Waals surface area contributed by atoms with Crippen LogP contribution in [-0.4, -0.2) is 23.6 Å². The van der Waals surface area contributed by atoms with Crippen LogP contribution >= 0.6 is 11.8 Å². The fourth-order valence-electron chi connectivity index (χ4n) is 2.75. The van der Waals surface area contributed by atoms with Gasteiger partial charge >= 0.3 is 6.03 Å². The molecule has 0 radical (unpaired) electrons. The maximum Gasteiger partial charge on any atom is 0.319 e. The number of amides is 2. The number of rotatable bonds is 7. The highest BCUT2D eigenvalue weighted by molar-refractivity contribution is 7.99. The summed E-state index contributed by atoms with van der Waals surface area (Å²) in [6, 6.07) is 7.91. The van der Waals surface area contributed by atoms with Crippen molar-refractivity contribution in [2.45, 2.75) is 57.1 Å². The van der Waals surface area contributed by atoms with Crippen LogP contribution in [0.3, 0.4) is 0 Å². The molecule has 1 fully saturated rings. The zero-order chi connectivity index (χ0) is 15.6. The minimum absolute atomic E-state index is 0.105. The standard InChI is InChI=1S/C18H28N2OS/c1-2-15-9-11-16(12-10-15)20-18(21)19-13-6-14-22-17-7-4-3-5-8-17/h9-12,17H,2-8,13-14H2,1H3,(H2,19,20,21). The van der Waals surface area contributed by atoms with E-state index in [4.69, 9.17) is 0 Å². The molecule has 2 N–H and O–H groups in total. The number of hydrogen-bond donors (Lipinski definition) is 2. The van der Waals surface area contributed by atoms with E-state index in [0.29, 0.717) is 0 Å². The van der Waals surface area contributed by atoms with Gasteiger partial charge in [-0.1, -0.05) is 38.3 Å². The zero-order valence-corrected chi connectivity index (χ0v) is 14.4. The van der Waals surface area contributed by atoms with E-state index in [1.165, 1.54) is 37.7 Å². The highest BCUT2D eigenvalue weighted by Gasteiger charge is 2.12. The monoisotopic (exact) mass is 320 g/mol. The Kier molecular flexibility index (Phi) is 7.64. The smallest absolute Gasteiger partial charge is 0.319 e. The molecule has 2 amide bonds. The van der Waals surface area contributed by atoms with Gasteiger partial charge in [-0.15, -0.1) is 0 Å². The average molecular weight is 321 g/mol. The van der Waals surface area contributed by atoms with Gasteiger partial charge in [0, 0.05) is 17.5 Å². The topological polar surface area (TPSA) is 41.1 Å². The fraction of sp³-hybridized carbons (Fsp3) is 0.611. The molecule has 2 rings (SSSR count). The summed E-state index contributed by atoms with van der Waals surface area (Å²) < 4.78 is 0. The molecule has 0 unspecified atom stereocenters. The number of thioether (sulfide) groups is 1. The first-order valence-electron chi connectivity index (χ1n) is 8.53. The Bertz CT molecular complexity index is 441. The van der Waals surface area contributed by atoms with Crippen LogP contribution in [0.5, 0.6) is 0 Å². The number of benzene rings is 1. The summed E-state index contributed by atoms with van der Waals surface area (Å²) in [5.41, 5.74) is 2.14. The molecule has 0 saturated heterocycles. The van der Waals surface area contributed by atoms with Gasteiger partial charge in [-0.2, -0.15) is 11.8 Å². The Morgan fingerprint density at radius 2 is 1.91 bits per heavy atom. The third kappa shape index (κ3) is 6.30. The maximum atomic E-state index is 11.8. The molecular weight excluding hydrogens is 292 g/mol. The van der Waals surface area contributed by atoms with E-state index in [0.717, 1.165) is 36.1 Å². The lowest BCUT2D eigenvalue weighted by Gasteiger charge is -2.20. The molecule has 1 saturated carbocycles. The number of aryl methyl sites for hydroxylation is 1. The molecule has 3 nitrogen and oxygen atoms in total. The van der Waals surface area contributed by atoms with E-state index in [-0.39, 0.29) is 6.03 Å². The van der Waals surface area contributed by atoms with Gasteiger partial charge in [0.2, 0.25) is 0 Å². The summed E-state index contributed by atoms with van der Waals surface area (Å²) in [6.45, 7) is 2.87. The van der Waals surface area contributed by atoms with Crippen molar-refractivity contribution >= 4 is 23.5 Å². The second-order valence-electron chi connectivity index (χ2n) is 5.92. The quantitative estimate of drug-likeness (QED) is 0.707. The molecule has 1 aromatic rings. The van der Waals surface area contributed by atoms with Crippen molar-refractivity contribution < 1.29 is 4.79 Å². The highest BCUT2D eigenvalue weighted by atomic mass is 32.2. The van der Waals surface area contributed by atoms with Crippen molar-refractivity contribution in [3.63, 3.8) is 0 Å². The predicted octanol–water partition coefficient (Wildman–Crippen LogP) is 4.83. The molecule has 0 heterocycles. The molecule has 0 spiro atoms. The molecule has 1 aromatic carbocycles. The van der Waals surface area contributed by atoms with E-state index in [1.807, 2.05) is 12.1 Å². The van der Waals surface area contributed by atoms with Crippen molar-refractivity contribution in [1.82, 2.24) is 5.32 Å². The Balaban J connectivity index is 1.55. The van der Waals surface area contributed by atoms with Gasteiger partial charge in [0.1, 0.15) is 0 Å². The minimum atomic E-state index is -0.105. The molecule has 122 valence electrons. The van der Waals surface area contributed by atoms with Crippen LogP contribution in [0.15, 0.2) is 24.3 Å². The maximum absolute atomic E-state index is 11.8. The van der Waals surface area contributed by atoms with Gasteiger partial charge in [-0.3, -0.25) is 0 Å². The highest BCUT2D eigenvalue weighted by Crippen LogP contribution is 2.28. The molecule has 1 aliphatic carbocycles. The van der Waals surface area contributed by atoms with E-state index in [9.17, 15) is 4.79 Å². The largest absolute Gasteiger partial charge is 0.338 e. The number of hydrogen-bond acceptors (Lipinski definition) is 2. The van der Waals surface area contributed by atoms with Gasteiger partial charge in [0.25, 0.3) is 0 Å². The van der Waals surface area contributed by atoms with Gasteiger partial charge in [0.05, 0.1) is 0 Å². The first kappa shape index (κ1) is 17.2. The van der Waals surface area contributed by atoms with Crippen molar-refractivity contribution in [3.8, 4) is 0 Å². The lowest BCUT2D eigenvalue weighted by molar-refractivity contribution is 0.252. The van der Waals surface area contributed by atoms with Crippen LogP contribution in [-0.2, 0) is 6.42 Å².